The van der Waals surface area contributed by atoms with E-state index in [1.807, 2.05) is 30.5 Å². The number of hydrogen-bond donors (Lipinski definition) is 1. The Hall–Kier alpha value is -3.22. The Morgan fingerprint density at radius 1 is 1.19 bits per heavy atom. The van der Waals surface area contributed by atoms with Crippen LogP contribution in [0, 0.1) is 0 Å². The number of hydrogen-bond acceptors (Lipinski definition) is 5. The van der Waals surface area contributed by atoms with E-state index >= 15 is 0 Å². The summed E-state index contributed by atoms with van der Waals surface area (Å²) >= 11 is 0. The first-order valence-electron chi connectivity index (χ1n) is 8.25. The van der Waals surface area contributed by atoms with Gasteiger partial charge in [-0.05, 0) is 42.3 Å². The van der Waals surface area contributed by atoms with Gasteiger partial charge in [-0.3, -0.25) is 9.48 Å². The van der Waals surface area contributed by atoms with Crippen LogP contribution in [0.4, 0.5) is 0 Å². The summed E-state index contributed by atoms with van der Waals surface area (Å²) in [6.45, 7) is 0.982. The molecule has 0 aliphatic heterocycles. The Labute approximate surface area is 151 Å². The lowest BCUT2D eigenvalue weighted by atomic mass is 10.1. The van der Waals surface area contributed by atoms with Crippen molar-refractivity contribution in [2.75, 3.05) is 20.8 Å². The van der Waals surface area contributed by atoms with Crippen LogP contribution in [0.3, 0.4) is 0 Å². The lowest BCUT2D eigenvalue weighted by Crippen LogP contribution is -2.25. The molecule has 0 fully saturated rings. The maximum absolute atomic E-state index is 12.2. The molecular formula is C19H21N3O4. The van der Waals surface area contributed by atoms with Gasteiger partial charge >= 0.3 is 0 Å². The van der Waals surface area contributed by atoms with Crippen molar-refractivity contribution >= 4 is 5.91 Å². The number of aromatic nitrogens is 2. The molecule has 0 radical (unpaired) electrons. The van der Waals surface area contributed by atoms with Crippen LogP contribution in [0.2, 0.25) is 0 Å². The van der Waals surface area contributed by atoms with Gasteiger partial charge < -0.3 is 19.2 Å². The van der Waals surface area contributed by atoms with Crippen molar-refractivity contribution in [2.45, 2.75) is 13.0 Å². The number of benzene rings is 1. The summed E-state index contributed by atoms with van der Waals surface area (Å²) in [5.41, 5.74) is 1.04. The largest absolute Gasteiger partial charge is 0.493 e. The Morgan fingerprint density at radius 3 is 2.77 bits per heavy atom. The number of nitrogens with one attached hydrogen (secondary N) is 1. The predicted molar refractivity (Wildman–Crippen MR) is 95.6 cm³/mol. The van der Waals surface area contributed by atoms with Crippen molar-refractivity contribution < 1.29 is 18.7 Å². The third-order valence-electron chi connectivity index (χ3n) is 3.91. The van der Waals surface area contributed by atoms with E-state index in [4.69, 9.17) is 13.9 Å². The lowest BCUT2D eigenvalue weighted by Gasteiger charge is -2.09. The highest BCUT2D eigenvalue weighted by Crippen LogP contribution is 2.27. The van der Waals surface area contributed by atoms with Gasteiger partial charge in [0.05, 0.1) is 20.8 Å². The molecule has 136 valence electrons. The maximum atomic E-state index is 12.2. The second-order valence-electron chi connectivity index (χ2n) is 5.66. The van der Waals surface area contributed by atoms with Gasteiger partial charge in [-0.15, -0.1) is 0 Å². The van der Waals surface area contributed by atoms with E-state index in [1.165, 1.54) is 0 Å². The lowest BCUT2D eigenvalue weighted by molar-refractivity contribution is 0.0924. The fraction of sp³-hybridized carbons (Fsp3) is 0.263. The van der Waals surface area contributed by atoms with Crippen molar-refractivity contribution in [3.63, 3.8) is 0 Å². The number of carbonyl (C=O) groups excluding carboxylic acids is 1. The van der Waals surface area contributed by atoms with Crippen molar-refractivity contribution in [1.29, 1.82) is 0 Å². The molecule has 3 aromatic rings. The fourth-order valence-corrected chi connectivity index (χ4v) is 2.58. The quantitative estimate of drug-likeness (QED) is 0.672. The number of nitrogens with zero attached hydrogens (tertiary/aromatic N) is 2. The molecule has 7 heteroatoms. The Kier molecular flexibility index (Phi) is 5.58. The maximum Gasteiger partial charge on any atom is 0.287 e. The van der Waals surface area contributed by atoms with Gasteiger partial charge in [0.15, 0.2) is 17.3 Å². The van der Waals surface area contributed by atoms with E-state index in [2.05, 4.69) is 10.4 Å². The van der Waals surface area contributed by atoms with Gasteiger partial charge in [0.25, 0.3) is 5.91 Å². The van der Waals surface area contributed by atoms with Gasteiger partial charge in [0.2, 0.25) is 0 Å². The van der Waals surface area contributed by atoms with Crippen molar-refractivity contribution in [2.24, 2.45) is 0 Å². The second-order valence-corrected chi connectivity index (χ2v) is 5.66. The topological polar surface area (TPSA) is 78.5 Å². The summed E-state index contributed by atoms with van der Waals surface area (Å²) in [6.07, 6.45) is 4.21. The molecule has 0 aliphatic carbocycles. The van der Waals surface area contributed by atoms with Crippen molar-refractivity contribution in [1.82, 2.24) is 15.1 Å². The molecule has 2 heterocycles. The van der Waals surface area contributed by atoms with Crippen LogP contribution in [0.5, 0.6) is 11.5 Å². The molecule has 0 saturated heterocycles. The van der Waals surface area contributed by atoms with E-state index < -0.39 is 0 Å². The second kappa shape index (κ2) is 8.24. The van der Waals surface area contributed by atoms with Crippen LogP contribution in [-0.4, -0.2) is 36.5 Å². The molecule has 1 aromatic carbocycles. The van der Waals surface area contributed by atoms with Gasteiger partial charge in [-0.1, -0.05) is 6.07 Å². The van der Waals surface area contributed by atoms with Crippen molar-refractivity contribution in [3.8, 4) is 11.5 Å². The van der Waals surface area contributed by atoms with E-state index in [1.54, 1.807) is 37.2 Å². The van der Waals surface area contributed by atoms with Crippen molar-refractivity contribution in [3.05, 3.63) is 65.9 Å². The average molecular weight is 355 g/mol. The summed E-state index contributed by atoms with van der Waals surface area (Å²) in [5.74, 6) is 2.08. The first kappa shape index (κ1) is 17.6. The van der Waals surface area contributed by atoms with Crippen LogP contribution in [0.15, 0.2) is 53.2 Å². The number of ether oxygens (including phenoxy) is 2. The molecule has 1 N–H and O–H groups in total. The van der Waals surface area contributed by atoms with Crippen LogP contribution in [-0.2, 0) is 13.0 Å². The fourth-order valence-electron chi connectivity index (χ4n) is 2.58. The van der Waals surface area contributed by atoms with Gasteiger partial charge in [0.1, 0.15) is 5.76 Å². The Bertz CT molecular complexity index is 856. The molecule has 7 nitrogen and oxygen atoms in total. The highest BCUT2D eigenvalue weighted by atomic mass is 16.5. The van der Waals surface area contributed by atoms with Crippen LogP contribution in [0.25, 0.3) is 0 Å². The monoisotopic (exact) mass is 355 g/mol. The van der Waals surface area contributed by atoms with Crippen LogP contribution >= 0.6 is 0 Å². The highest BCUT2D eigenvalue weighted by Gasteiger charge is 2.11. The number of carbonyl (C=O) groups is 1. The molecule has 1 amide bonds. The third kappa shape index (κ3) is 4.24. The smallest absolute Gasteiger partial charge is 0.287 e. The first-order chi connectivity index (χ1) is 12.7. The molecule has 0 bridgehead atoms. The van der Waals surface area contributed by atoms with Gasteiger partial charge in [0, 0.05) is 18.9 Å². The van der Waals surface area contributed by atoms with Crippen LogP contribution < -0.4 is 14.8 Å². The molecule has 0 saturated carbocycles. The molecule has 2 aromatic heterocycles. The molecule has 26 heavy (non-hydrogen) atoms. The normalized spacial score (nSPS) is 10.5. The zero-order chi connectivity index (χ0) is 18.4. The highest BCUT2D eigenvalue weighted by molar-refractivity contribution is 5.91. The first-order valence-corrected chi connectivity index (χ1v) is 8.25. The summed E-state index contributed by atoms with van der Waals surface area (Å²) in [6, 6.07) is 11.0. The van der Waals surface area contributed by atoms with Crippen LogP contribution in [0.1, 0.15) is 21.9 Å². The number of rotatable bonds is 8. The third-order valence-corrected chi connectivity index (χ3v) is 3.91. The Balaban J connectivity index is 1.52. The summed E-state index contributed by atoms with van der Waals surface area (Å²) < 4.78 is 17.8. The standard InChI is InChI=1S/C19H21N3O4/c1-24-16-6-4-14(12-18(16)25-2)8-10-20-19(23)17-7-5-15(26-17)13-22-11-3-9-21-22/h3-7,9,11-12H,8,10,13H2,1-2H3,(H,20,23). The van der Waals surface area contributed by atoms with Gasteiger partial charge in [-0.2, -0.15) is 5.10 Å². The minimum atomic E-state index is -0.239. The van der Waals surface area contributed by atoms with E-state index in [0.717, 1.165) is 5.56 Å². The Morgan fingerprint density at radius 2 is 2.04 bits per heavy atom. The molecule has 0 spiro atoms. The predicted octanol–water partition coefficient (Wildman–Crippen LogP) is 2.51. The summed E-state index contributed by atoms with van der Waals surface area (Å²) in [4.78, 5) is 12.2. The van der Waals surface area contributed by atoms with E-state index in [0.29, 0.717) is 42.5 Å². The minimum absolute atomic E-state index is 0.239. The zero-order valence-corrected chi connectivity index (χ0v) is 14.8. The minimum Gasteiger partial charge on any atom is -0.493 e. The molecule has 0 aliphatic rings. The summed E-state index contributed by atoms with van der Waals surface area (Å²) in [7, 11) is 3.20. The molecule has 0 unspecified atom stereocenters. The number of amides is 1. The molecule has 3 rings (SSSR count). The van der Waals surface area contributed by atoms with E-state index in [-0.39, 0.29) is 5.91 Å². The summed E-state index contributed by atoms with van der Waals surface area (Å²) in [5, 5.41) is 6.97. The SMILES string of the molecule is COc1ccc(CCNC(=O)c2ccc(Cn3cccn3)o2)cc1OC. The van der Waals surface area contributed by atoms with E-state index in [9.17, 15) is 4.79 Å². The van der Waals surface area contributed by atoms with Gasteiger partial charge in [-0.25, -0.2) is 0 Å². The average Bonchev–Trinajstić information content (AvgIpc) is 3.34. The zero-order valence-electron chi connectivity index (χ0n) is 14.8. The molecular weight excluding hydrogens is 334 g/mol. The number of furan rings is 1. The molecule has 0 atom stereocenters. The number of methoxy groups -OCH3 is 2.